The summed E-state index contributed by atoms with van der Waals surface area (Å²) in [5, 5.41) is 15.2. The maximum absolute atomic E-state index is 13.2. The Morgan fingerprint density at radius 2 is 1.83 bits per heavy atom. The number of aliphatic hydroxyl groups excluding tert-OH is 1. The number of nitrogens with one attached hydrogen (secondary N) is 1. The monoisotopic (exact) mass is 413 g/mol. The average Bonchev–Trinajstić information content (AvgIpc) is 2.97. The van der Waals surface area contributed by atoms with E-state index >= 15 is 0 Å². The molecule has 160 valence electrons. The minimum Gasteiger partial charge on any atom is -0.497 e. The van der Waals surface area contributed by atoms with Gasteiger partial charge < -0.3 is 19.9 Å². The molecule has 0 unspecified atom stereocenters. The molecule has 2 heterocycles. The summed E-state index contributed by atoms with van der Waals surface area (Å²) in [6.07, 6.45) is -0.816. The van der Waals surface area contributed by atoms with Gasteiger partial charge in [0, 0.05) is 19.6 Å². The minimum absolute atomic E-state index is 0.0393. The number of benzene rings is 2. The number of amides is 3. The third-order valence-electron chi connectivity index (χ3n) is 5.87. The van der Waals surface area contributed by atoms with Crippen LogP contribution in [0, 0.1) is 0 Å². The van der Waals surface area contributed by atoms with Crippen LogP contribution < -0.4 is 10.1 Å². The summed E-state index contributed by atoms with van der Waals surface area (Å²) >= 11 is 0. The predicted molar refractivity (Wildman–Crippen MR) is 111 cm³/mol. The van der Waals surface area contributed by atoms with Gasteiger partial charge >= 0.3 is 6.03 Å². The number of rotatable bonds is 6. The fourth-order valence-corrected chi connectivity index (χ4v) is 4.07. The molecule has 2 saturated heterocycles. The lowest BCUT2D eigenvalue weighted by atomic mass is 9.90. The number of hydrogen-bond acceptors (Lipinski definition) is 6. The first-order valence-electron chi connectivity index (χ1n) is 10.1. The van der Waals surface area contributed by atoms with Gasteiger partial charge in [0.25, 0.3) is 5.91 Å². The highest BCUT2D eigenvalue weighted by Crippen LogP contribution is 2.32. The van der Waals surface area contributed by atoms with Crippen LogP contribution in [0.15, 0.2) is 36.4 Å². The molecule has 0 saturated carbocycles. The third-order valence-corrected chi connectivity index (χ3v) is 5.87. The van der Waals surface area contributed by atoms with Crippen molar-refractivity contribution in [2.45, 2.75) is 18.6 Å². The Hall–Kier alpha value is -2.68. The van der Waals surface area contributed by atoms with E-state index < -0.39 is 17.7 Å². The third kappa shape index (κ3) is 3.86. The average molecular weight is 413 g/mol. The van der Waals surface area contributed by atoms with E-state index in [9.17, 15) is 14.7 Å². The Morgan fingerprint density at radius 1 is 1.13 bits per heavy atom. The largest absolute Gasteiger partial charge is 0.497 e. The lowest BCUT2D eigenvalue weighted by Gasteiger charge is -2.29. The van der Waals surface area contributed by atoms with Crippen molar-refractivity contribution in [2.24, 2.45) is 0 Å². The fraction of sp³-hybridized carbons (Fsp3) is 0.455. The molecule has 3 amide bonds. The zero-order valence-corrected chi connectivity index (χ0v) is 17.3. The van der Waals surface area contributed by atoms with Gasteiger partial charge in [-0.25, -0.2) is 4.79 Å². The molecule has 0 bridgehead atoms. The van der Waals surface area contributed by atoms with Crippen LogP contribution >= 0.6 is 0 Å². The molecule has 2 aromatic rings. The molecule has 0 spiro atoms. The van der Waals surface area contributed by atoms with Crippen LogP contribution in [0.3, 0.4) is 0 Å². The Labute approximate surface area is 175 Å². The van der Waals surface area contributed by atoms with E-state index in [-0.39, 0.29) is 12.5 Å². The van der Waals surface area contributed by atoms with Crippen molar-refractivity contribution in [3.05, 3.63) is 42.0 Å². The van der Waals surface area contributed by atoms with E-state index in [1.807, 2.05) is 36.4 Å². The fourth-order valence-electron chi connectivity index (χ4n) is 4.07. The summed E-state index contributed by atoms with van der Waals surface area (Å²) in [5.74, 6) is 0.397. The zero-order chi connectivity index (χ0) is 21.3. The van der Waals surface area contributed by atoms with Gasteiger partial charge in [-0.3, -0.25) is 14.6 Å². The summed E-state index contributed by atoms with van der Waals surface area (Å²) in [6.45, 7) is 4.78. The second kappa shape index (κ2) is 8.22. The van der Waals surface area contributed by atoms with Crippen molar-refractivity contribution >= 4 is 22.7 Å². The van der Waals surface area contributed by atoms with Gasteiger partial charge in [0.2, 0.25) is 0 Å². The summed E-state index contributed by atoms with van der Waals surface area (Å²) in [5.41, 5.74) is -0.479. The number of nitrogens with zero attached hydrogens (tertiary/aromatic N) is 2. The van der Waals surface area contributed by atoms with Crippen molar-refractivity contribution in [1.82, 2.24) is 15.1 Å². The number of aliphatic hydroxyl groups is 1. The molecule has 8 nitrogen and oxygen atoms in total. The molecule has 2 aromatic carbocycles. The number of methoxy groups -OCH3 is 1. The standard InChI is InChI=1S/C22H27N3O5/c1-22(17-5-3-16-12-19(29-2)6-4-15(16)11-17)20(27)25(21(28)23-22)14-18(26)13-24-7-9-30-10-8-24/h3-6,11-12,18,26H,7-10,13-14H2,1-2H3,(H,23,28)/t18-,22+/m1/s1. The lowest BCUT2D eigenvalue weighted by molar-refractivity contribution is -0.132. The van der Waals surface area contributed by atoms with E-state index in [1.165, 1.54) is 0 Å². The van der Waals surface area contributed by atoms with Crippen LogP contribution in [0.1, 0.15) is 12.5 Å². The summed E-state index contributed by atoms with van der Waals surface area (Å²) in [4.78, 5) is 28.9. The van der Waals surface area contributed by atoms with Crippen molar-refractivity contribution < 1.29 is 24.2 Å². The number of urea groups is 1. The van der Waals surface area contributed by atoms with Crippen molar-refractivity contribution in [3.8, 4) is 5.75 Å². The van der Waals surface area contributed by atoms with E-state index in [0.717, 1.165) is 34.5 Å². The number of ether oxygens (including phenoxy) is 2. The van der Waals surface area contributed by atoms with Crippen LogP contribution in [0.2, 0.25) is 0 Å². The molecule has 2 fully saturated rings. The molecule has 2 N–H and O–H groups in total. The Bertz CT molecular complexity index is 959. The molecule has 2 aliphatic heterocycles. The molecule has 8 heteroatoms. The smallest absolute Gasteiger partial charge is 0.325 e. The Kier molecular flexibility index (Phi) is 5.64. The summed E-state index contributed by atoms with van der Waals surface area (Å²) in [7, 11) is 1.62. The molecular weight excluding hydrogens is 386 g/mol. The first kappa shape index (κ1) is 20.6. The van der Waals surface area contributed by atoms with Crippen LogP contribution in [0.5, 0.6) is 5.75 Å². The SMILES string of the molecule is COc1ccc2cc([C@]3(C)NC(=O)N(C[C@H](O)CN4CCOCC4)C3=O)ccc2c1. The van der Waals surface area contributed by atoms with Crippen LogP contribution in [-0.2, 0) is 15.1 Å². The van der Waals surface area contributed by atoms with Crippen molar-refractivity contribution in [3.63, 3.8) is 0 Å². The van der Waals surface area contributed by atoms with Crippen LogP contribution in [0.25, 0.3) is 10.8 Å². The zero-order valence-electron chi connectivity index (χ0n) is 17.3. The summed E-state index contributed by atoms with van der Waals surface area (Å²) in [6, 6.07) is 10.9. The number of fused-ring (bicyclic) bond motifs is 1. The van der Waals surface area contributed by atoms with Crippen molar-refractivity contribution in [1.29, 1.82) is 0 Å². The highest BCUT2D eigenvalue weighted by Gasteiger charge is 2.49. The topological polar surface area (TPSA) is 91.3 Å². The molecule has 0 radical (unpaired) electrons. The number of carbonyl (C=O) groups is 2. The predicted octanol–water partition coefficient (Wildman–Crippen LogP) is 1.31. The highest BCUT2D eigenvalue weighted by molar-refractivity contribution is 6.07. The molecule has 30 heavy (non-hydrogen) atoms. The number of β-amino-alcohol motifs (C(OH)–C–C–N with tert-alkyl or cyclic N) is 1. The second-order valence-electron chi connectivity index (χ2n) is 7.97. The molecule has 0 aliphatic carbocycles. The number of carbonyl (C=O) groups excluding carboxylic acids is 2. The molecule has 2 aliphatic rings. The highest BCUT2D eigenvalue weighted by atomic mass is 16.5. The van der Waals surface area contributed by atoms with E-state index in [4.69, 9.17) is 9.47 Å². The Balaban J connectivity index is 1.51. The van der Waals surface area contributed by atoms with Gasteiger partial charge in [-0.2, -0.15) is 0 Å². The van der Waals surface area contributed by atoms with Gasteiger partial charge in [0.05, 0.1) is 33.0 Å². The number of hydrogen-bond donors (Lipinski definition) is 2. The molecular formula is C22H27N3O5. The van der Waals surface area contributed by atoms with Crippen LogP contribution in [0.4, 0.5) is 4.79 Å². The first-order valence-corrected chi connectivity index (χ1v) is 10.1. The van der Waals surface area contributed by atoms with Gasteiger partial charge in [-0.15, -0.1) is 0 Å². The normalized spacial score (nSPS) is 23.6. The Morgan fingerprint density at radius 3 is 2.57 bits per heavy atom. The van der Waals surface area contributed by atoms with Gasteiger partial charge in [0.15, 0.2) is 0 Å². The van der Waals surface area contributed by atoms with E-state index in [1.54, 1.807) is 14.0 Å². The van der Waals surface area contributed by atoms with Gasteiger partial charge in [0.1, 0.15) is 11.3 Å². The van der Waals surface area contributed by atoms with Crippen molar-refractivity contribution in [2.75, 3.05) is 46.5 Å². The number of morpholine rings is 1. The first-order chi connectivity index (χ1) is 14.4. The number of imide groups is 1. The maximum atomic E-state index is 13.2. The molecule has 2 atom stereocenters. The quantitative estimate of drug-likeness (QED) is 0.694. The van der Waals surface area contributed by atoms with Crippen LogP contribution in [-0.4, -0.2) is 79.5 Å². The van der Waals surface area contributed by atoms with E-state index in [0.29, 0.717) is 25.3 Å². The maximum Gasteiger partial charge on any atom is 0.325 e. The lowest BCUT2D eigenvalue weighted by Crippen LogP contribution is -2.46. The second-order valence-corrected chi connectivity index (χ2v) is 7.97. The minimum atomic E-state index is -1.18. The molecule has 0 aromatic heterocycles. The summed E-state index contributed by atoms with van der Waals surface area (Å²) < 4.78 is 10.6. The van der Waals surface area contributed by atoms with Gasteiger partial charge in [-0.05, 0) is 41.5 Å². The van der Waals surface area contributed by atoms with E-state index in [2.05, 4.69) is 10.2 Å². The molecule has 4 rings (SSSR count). The van der Waals surface area contributed by atoms with Gasteiger partial charge in [-0.1, -0.05) is 18.2 Å².